The summed E-state index contributed by atoms with van der Waals surface area (Å²) < 4.78 is 41.4. The smallest absolute Gasteiger partial charge is 0.180 e. The molecule has 0 spiro atoms. The van der Waals surface area contributed by atoms with E-state index in [9.17, 15) is 0 Å². The van der Waals surface area contributed by atoms with Gasteiger partial charge in [-0.15, -0.1) is 56.7 Å². The number of rotatable bonds is 56. The van der Waals surface area contributed by atoms with E-state index in [1.165, 1.54) is 295 Å². The number of anilines is 7. The maximum Gasteiger partial charge on any atom is 0.180 e. The summed E-state index contributed by atoms with van der Waals surface area (Å²) in [6, 6.07) is 91.5. The van der Waals surface area contributed by atoms with Gasteiger partial charge in [0.25, 0.3) is 0 Å². The van der Waals surface area contributed by atoms with Crippen molar-refractivity contribution in [3.05, 3.63) is 302 Å². The number of unbranched alkanes of at least 4 members (excludes halogenated alkanes) is 28. The zero-order valence-corrected chi connectivity index (χ0v) is 92.4. The number of ether oxygens (including phenoxy) is 6. The number of nitrogens with zero attached hydrogens (tertiary/aromatic N) is 3. The molecule has 760 valence electrons. The fraction of sp³-hybridized carbons (Fsp3) is 0.415. The van der Waals surface area contributed by atoms with Gasteiger partial charge in [-0.25, -0.2) is 0 Å². The van der Waals surface area contributed by atoms with Gasteiger partial charge < -0.3 is 43.1 Å². The van der Waals surface area contributed by atoms with Gasteiger partial charge in [-0.3, -0.25) is 0 Å². The quantitative estimate of drug-likeness (QED) is 0.0347. The molecule has 2 aliphatic rings. The van der Waals surface area contributed by atoms with Gasteiger partial charge in [0, 0.05) is 93.5 Å². The summed E-state index contributed by atoms with van der Waals surface area (Å²) in [5.41, 5.74) is 24.3. The average molecular weight is 2020 g/mol. The normalized spacial score (nSPS) is 12.2. The molecule has 1 aliphatic heterocycles. The highest BCUT2D eigenvalue weighted by Gasteiger charge is 2.43. The maximum atomic E-state index is 6.21. The monoisotopic (exact) mass is 2020 g/mol. The molecule has 0 saturated heterocycles. The van der Waals surface area contributed by atoms with E-state index in [0.29, 0.717) is 26.4 Å². The van der Waals surface area contributed by atoms with E-state index in [2.05, 4.69) is 307 Å². The van der Waals surface area contributed by atoms with Gasteiger partial charge in [-0.2, -0.15) is 0 Å². The van der Waals surface area contributed by atoms with Crippen LogP contribution in [0.4, 0.5) is 39.8 Å². The van der Waals surface area contributed by atoms with Gasteiger partial charge in [0.1, 0.15) is 36.2 Å². The van der Waals surface area contributed by atoms with Crippen molar-refractivity contribution in [3.63, 3.8) is 0 Å². The highest BCUT2D eigenvalue weighted by molar-refractivity contribution is 7.38. The third-order valence-corrected chi connectivity index (χ3v) is 34.4. The van der Waals surface area contributed by atoms with E-state index < -0.39 is 0 Å². The molecule has 15 aromatic rings. The lowest BCUT2D eigenvalue weighted by molar-refractivity contribution is 0.173. The second-order valence-corrected chi connectivity index (χ2v) is 45.4. The number of aryl methyl sites for hydroxylation is 5. The van der Waals surface area contributed by atoms with Gasteiger partial charge >= 0.3 is 0 Å². The first-order chi connectivity index (χ1) is 70.7. The predicted molar refractivity (Wildman–Crippen MR) is 626 cm³/mol. The van der Waals surface area contributed by atoms with Crippen LogP contribution in [0.15, 0.2) is 254 Å². The van der Waals surface area contributed by atoms with Crippen LogP contribution in [-0.4, -0.2) is 39.6 Å². The van der Waals surface area contributed by atoms with Crippen molar-refractivity contribution in [1.82, 2.24) is 0 Å². The van der Waals surface area contributed by atoms with Crippen molar-refractivity contribution in [2.45, 2.75) is 313 Å². The van der Waals surface area contributed by atoms with Crippen LogP contribution in [0, 0.1) is 34.6 Å². The molecule has 1 aliphatic carbocycles. The lowest BCUT2D eigenvalue weighted by Crippen LogP contribution is -2.27. The van der Waals surface area contributed by atoms with E-state index in [4.69, 9.17) is 28.4 Å². The van der Waals surface area contributed by atoms with E-state index in [1.54, 1.807) is 22.5 Å². The van der Waals surface area contributed by atoms with Crippen molar-refractivity contribution in [2.75, 3.05) is 54.3 Å². The molecule has 14 heteroatoms. The second-order valence-electron chi connectivity index (χ2n) is 39.7. The van der Waals surface area contributed by atoms with Crippen molar-refractivity contribution in [2.24, 2.45) is 0 Å². The summed E-state index contributed by atoms with van der Waals surface area (Å²) in [7, 11) is 0. The summed E-state index contributed by atoms with van der Waals surface area (Å²) in [6.45, 7) is 29.9. The Morgan fingerprint density at radius 2 is 0.736 bits per heavy atom. The standard InChI is InChI=1S/C56H75NS.C43H57NO4S.C31H27NO2S3/c1-4-6-8-10-12-14-16-18-20-28-40-56(41-29-21-19-17-15-13-11-9-7-5-2)53-42-49(55-39-34-46(3)58-55)35-37-51(53)52-38-36-50(43-54(52)56)57(44-47-30-24-22-25-31-47)45-48-32-26-23-27-33-48;1-6-8-10-12-14-16-26-45-37-22-24-39(32(3)30-37)44(40-25-23-38(31-33(40)4)46-27-17-15-13-11-9-7-2)36-20-18-35(19-21-36)43-42-41(34(5)49-43)47-28-29-48-42;1-4-33-25-14-10-23(11-15-25)32(24-12-16-26(17-13-24)34-5-2)22-8-6-21(7-9-22)27-19-35-31-29(27)37-28-18-20(3)36-30(28)31/h22-27,30-39,42-43H,4-21,28-29,40-41,44-45H2,1-3H3;18-25,30-31H,6-17,26-29H2,1-5H3;6-19H,4-5H2,1-3H3. The Labute approximate surface area is 883 Å². The van der Waals surface area contributed by atoms with Crippen molar-refractivity contribution < 1.29 is 28.4 Å². The summed E-state index contributed by atoms with van der Waals surface area (Å²) in [5.74, 6) is 5.38. The minimum Gasteiger partial charge on any atom is -0.494 e. The Morgan fingerprint density at radius 3 is 1.21 bits per heavy atom. The first-order valence-corrected chi connectivity index (χ1v) is 59.1. The molecule has 0 atom stereocenters. The SMILES string of the molecule is CCCCCCCCCCCCC1(CCCCCCCCCCCC)c2cc(-c3ccc(C)s3)ccc2-c2ccc(N(Cc3ccccc3)Cc3ccccc3)cc21.CCCCCCCCOc1ccc(N(c2ccc(-c3sc(C)c4c3OCCO4)cc2)c2ccc(OCCCCCCCC)cc2C)c(C)c1.CCOc1ccc(N(c2ccc(OCC)cc2)c2ccc(-c3csc4c3sc3cc(C)sc34)cc2)cc1. The molecule has 5 aromatic heterocycles. The van der Waals surface area contributed by atoms with Gasteiger partial charge in [-0.05, 0) is 281 Å². The zero-order valence-electron chi connectivity index (χ0n) is 88.3. The molecular weight excluding hydrogens is 1860 g/mol. The summed E-state index contributed by atoms with van der Waals surface area (Å²) in [6.07, 6.45) is 45.2. The van der Waals surface area contributed by atoms with Gasteiger partial charge in [-0.1, -0.05) is 323 Å². The fourth-order valence-electron chi connectivity index (χ4n) is 20.9. The van der Waals surface area contributed by atoms with Crippen LogP contribution in [0.1, 0.15) is 308 Å². The van der Waals surface area contributed by atoms with Crippen LogP contribution in [0.2, 0.25) is 0 Å². The molecule has 0 saturated carbocycles. The summed E-state index contributed by atoms with van der Waals surface area (Å²) >= 11 is 9.35. The van der Waals surface area contributed by atoms with Crippen LogP contribution in [0.5, 0.6) is 34.5 Å². The van der Waals surface area contributed by atoms with Crippen LogP contribution in [-0.2, 0) is 18.5 Å². The Hall–Kier alpha value is -10.6. The highest BCUT2D eigenvalue weighted by Crippen LogP contribution is 2.58. The third kappa shape index (κ3) is 29.3. The molecular formula is C130H159N3O6S5. The van der Waals surface area contributed by atoms with Gasteiger partial charge in [0.2, 0.25) is 0 Å². The van der Waals surface area contributed by atoms with E-state index in [-0.39, 0.29) is 5.41 Å². The molecule has 0 amide bonds. The first kappa shape index (κ1) is 108. The van der Waals surface area contributed by atoms with E-state index in [1.807, 2.05) is 83.5 Å². The van der Waals surface area contributed by atoms with E-state index in [0.717, 1.165) is 123 Å². The van der Waals surface area contributed by atoms with Gasteiger partial charge in [0.05, 0.1) is 45.4 Å². The number of hydrogen-bond donors (Lipinski definition) is 0. The minimum absolute atomic E-state index is 0.0362. The van der Waals surface area contributed by atoms with Crippen LogP contribution >= 0.6 is 56.7 Å². The fourth-order valence-corrected chi connectivity index (χ4v) is 26.8. The Morgan fingerprint density at radius 1 is 0.312 bits per heavy atom. The van der Waals surface area contributed by atoms with Crippen molar-refractivity contribution in [3.8, 4) is 77.6 Å². The average Bonchev–Trinajstić information content (AvgIpc) is 1.57. The number of fused-ring (bicyclic) bond motifs is 7. The molecule has 0 N–H and O–H groups in total. The number of thiophene rings is 5. The molecule has 144 heavy (non-hydrogen) atoms. The predicted octanol–water partition coefficient (Wildman–Crippen LogP) is 41.3. The van der Waals surface area contributed by atoms with Crippen molar-refractivity contribution >= 4 is 115 Å². The maximum absolute atomic E-state index is 6.21. The Kier molecular flexibility index (Phi) is 42.1. The molecule has 9 nitrogen and oxygen atoms in total. The van der Waals surface area contributed by atoms with Crippen LogP contribution < -0.4 is 43.1 Å². The lowest BCUT2D eigenvalue weighted by atomic mass is 9.70. The minimum atomic E-state index is 0.0362. The van der Waals surface area contributed by atoms with Gasteiger partial charge in [0.15, 0.2) is 11.5 Å². The molecule has 17 rings (SSSR count). The third-order valence-electron chi connectivity index (χ3n) is 28.6. The number of benzene rings is 10. The lowest BCUT2D eigenvalue weighted by Gasteiger charge is -2.34. The summed E-state index contributed by atoms with van der Waals surface area (Å²) in [5, 5.41) is 2.31. The molecule has 0 fully saturated rings. The molecule has 6 heterocycles. The summed E-state index contributed by atoms with van der Waals surface area (Å²) in [4.78, 5) is 13.7. The molecule has 0 bridgehead atoms. The zero-order chi connectivity index (χ0) is 100. The Bertz CT molecular complexity index is 6160. The topological polar surface area (TPSA) is 65.1 Å². The van der Waals surface area contributed by atoms with E-state index >= 15 is 0 Å². The first-order valence-electron chi connectivity index (χ1n) is 55.0. The highest BCUT2D eigenvalue weighted by atomic mass is 32.1. The second kappa shape index (κ2) is 56.4. The van der Waals surface area contributed by atoms with Crippen molar-refractivity contribution in [1.29, 1.82) is 0 Å². The molecule has 0 unspecified atom stereocenters. The number of hydrogen-bond acceptors (Lipinski definition) is 14. The molecule has 10 aromatic carbocycles. The largest absolute Gasteiger partial charge is 0.494 e. The van der Waals surface area contributed by atoms with Crippen LogP contribution in [0.3, 0.4) is 0 Å². The van der Waals surface area contributed by atoms with Crippen LogP contribution in [0.25, 0.3) is 61.9 Å². The Balaban J connectivity index is 0.000000166. The molecule has 0 radical (unpaired) electrons.